The molecule has 0 radical (unpaired) electrons. The van der Waals surface area contributed by atoms with Crippen LogP contribution in [0.1, 0.15) is 45.4 Å². The molecule has 0 aromatic rings. The highest BCUT2D eigenvalue weighted by Gasteiger charge is 2.30. The van der Waals surface area contributed by atoms with Crippen LogP contribution in [0.2, 0.25) is 0 Å². The van der Waals surface area contributed by atoms with Crippen LogP contribution in [0.5, 0.6) is 0 Å². The molecular weight excluding hydrogens is 220 g/mol. The zero-order valence-electron chi connectivity index (χ0n) is 10.4. The Morgan fingerprint density at radius 3 is 2.47 bits per heavy atom. The van der Waals surface area contributed by atoms with Crippen molar-refractivity contribution in [2.75, 3.05) is 6.54 Å². The van der Waals surface area contributed by atoms with E-state index in [1.54, 1.807) is 0 Å². The molecule has 5 nitrogen and oxygen atoms in total. The van der Waals surface area contributed by atoms with Crippen molar-refractivity contribution >= 4 is 11.9 Å². The molecule has 1 aliphatic rings. The summed E-state index contributed by atoms with van der Waals surface area (Å²) in [5, 5.41) is 8.87. The minimum absolute atomic E-state index is 0.0708. The van der Waals surface area contributed by atoms with Crippen LogP contribution in [0, 0.1) is 0 Å². The molecule has 1 atom stereocenters. The van der Waals surface area contributed by atoms with Crippen molar-refractivity contribution in [2.45, 2.75) is 57.5 Å². The van der Waals surface area contributed by atoms with Crippen molar-refractivity contribution in [3.63, 3.8) is 0 Å². The van der Waals surface area contributed by atoms with E-state index in [0.717, 1.165) is 32.1 Å². The fourth-order valence-electron chi connectivity index (χ4n) is 2.40. The quantitative estimate of drug-likeness (QED) is 0.727. The monoisotopic (exact) mass is 242 g/mol. The number of nitrogens with zero attached hydrogens (tertiary/aromatic N) is 1. The van der Waals surface area contributed by atoms with Crippen molar-refractivity contribution in [1.29, 1.82) is 0 Å². The van der Waals surface area contributed by atoms with Crippen LogP contribution in [-0.2, 0) is 9.59 Å². The number of hydrogen-bond acceptors (Lipinski definition) is 3. The second kappa shape index (κ2) is 6.59. The van der Waals surface area contributed by atoms with E-state index >= 15 is 0 Å². The maximum Gasteiger partial charge on any atom is 0.323 e. The van der Waals surface area contributed by atoms with Gasteiger partial charge in [0.2, 0.25) is 5.91 Å². The molecule has 1 saturated carbocycles. The zero-order valence-corrected chi connectivity index (χ0v) is 10.4. The Morgan fingerprint density at radius 1 is 1.41 bits per heavy atom. The second-order valence-electron chi connectivity index (χ2n) is 4.69. The van der Waals surface area contributed by atoms with E-state index < -0.39 is 12.0 Å². The summed E-state index contributed by atoms with van der Waals surface area (Å²) in [6, 6.07) is -0.485. The first-order valence-electron chi connectivity index (χ1n) is 6.34. The molecule has 5 heteroatoms. The summed E-state index contributed by atoms with van der Waals surface area (Å²) in [6.45, 7) is 1.74. The van der Waals surface area contributed by atoms with Crippen LogP contribution in [0.4, 0.5) is 0 Å². The Balaban J connectivity index is 2.67. The molecule has 0 aromatic carbocycles. The molecule has 0 spiro atoms. The molecule has 1 fully saturated rings. The SMILES string of the molecule is CCC[C@@H](N)C(=O)N(CC(=O)O)C1CCCC1. The summed E-state index contributed by atoms with van der Waals surface area (Å²) < 4.78 is 0. The Labute approximate surface area is 102 Å². The van der Waals surface area contributed by atoms with Gasteiger partial charge in [-0.3, -0.25) is 9.59 Å². The number of carboxylic acids is 1. The first kappa shape index (κ1) is 14.0. The van der Waals surface area contributed by atoms with E-state index in [2.05, 4.69) is 0 Å². The number of aliphatic carboxylic acids is 1. The first-order valence-corrected chi connectivity index (χ1v) is 6.34. The van der Waals surface area contributed by atoms with E-state index in [1.165, 1.54) is 4.90 Å². The van der Waals surface area contributed by atoms with Crippen LogP contribution < -0.4 is 5.73 Å². The maximum atomic E-state index is 12.1. The fourth-order valence-corrected chi connectivity index (χ4v) is 2.40. The Kier molecular flexibility index (Phi) is 5.41. The zero-order chi connectivity index (χ0) is 12.8. The number of carboxylic acid groups (broad SMARTS) is 1. The van der Waals surface area contributed by atoms with E-state index in [0.29, 0.717) is 6.42 Å². The maximum absolute atomic E-state index is 12.1. The van der Waals surface area contributed by atoms with Gasteiger partial charge in [-0.1, -0.05) is 26.2 Å². The molecular formula is C12H22N2O3. The van der Waals surface area contributed by atoms with Gasteiger partial charge in [0.05, 0.1) is 6.04 Å². The number of rotatable bonds is 6. The van der Waals surface area contributed by atoms with Crippen LogP contribution in [0.25, 0.3) is 0 Å². The lowest BCUT2D eigenvalue weighted by Crippen LogP contribution is -2.49. The van der Waals surface area contributed by atoms with Gasteiger partial charge in [-0.2, -0.15) is 0 Å². The highest BCUT2D eigenvalue weighted by molar-refractivity contribution is 5.85. The van der Waals surface area contributed by atoms with Crippen LogP contribution in [0.15, 0.2) is 0 Å². The molecule has 0 unspecified atom stereocenters. The van der Waals surface area contributed by atoms with E-state index in [4.69, 9.17) is 10.8 Å². The first-order chi connectivity index (χ1) is 8.06. The van der Waals surface area contributed by atoms with Gasteiger partial charge in [-0.05, 0) is 19.3 Å². The molecule has 98 valence electrons. The standard InChI is InChI=1S/C12H22N2O3/c1-2-5-10(13)12(17)14(8-11(15)16)9-6-3-4-7-9/h9-10H,2-8,13H2,1H3,(H,15,16)/t10-/m1/s1. The minimum atomic E-state index is -0.964. The normalized spacial score (nSPS) is 18.0. The minimum Gasteiger partial charge on any atom is -0.480 e. The topological polar surface area (TPSA) is 83.6 Å². The average molecular weight is 242 g/mol. The Bertz CT molecular complexity index is 275. The average Bonchev–Trinajstić information content (AvgIpc) is 2.78. The highest BCUT2D eigenvalue weighted by atomic mass is 16.4. The smallest absolute Gasteiger partial charge is 0.323 e. The predicted octanol–water partition coefficient (Wildman–Crippen LogP) is 0.970. The lowest BCUT2D eigenvalue weighted by atomic mass is 10.1. The summed E-state index contributed by atoms with van der Waals surface area (Å²) >= 11 is 0. The van der Waals surface area contributed by atoms with Gasteiger partial charge in [0, 0.05) is 6.04 Å². The fraction of sp³-hybridized carbons (Fsp3) is 0.833. The molecule has 3 N–H and O–H groups in total. The van der Waals surface area contributed by atoms with Crippen molar-refractivity contribution in [3.8, 4) is 0 Å². The summed E-state index contributed by atoms with van der Waals surface area (Å²) in [5.41, 5.74) is 5.79. The summed E-state index contributed by atoms with van der Waals surface area (Å²) in [7, 11) is 0. The molecule has 0 aromatic heterocycles. The molecule has 1 aliphatic carbocycles. The van der Waals surface area contributed by atoms with Crippen LogP contribution >= 0.6 is 0 Å². The van der Waals surface area contributed by atoms with Gasteiger partial charge < -0.3 is 15.7 Å². The molecule has 1 rings (SSSR count). The molecule has 1 amide bonds. The Hall–Kier alpha value is -1.10. The number of carbonyl (C=O) groups is 2. The molecule has 17 heavy (non-hydrogen) atoms. The van der Waals surface area contributed by atoms with E-state index in [1.807, 2.05) is 6.92 Å². The van der Waals surface area contributed by atoms with Gasteiger partial charge in [0.15, 0.2) is 0 Å². The van der Waals surface area contributed by atoms with Crippen molar-refractivity contribution in [1.82, 2.24) is 4.90 Å². The number of nitrogens with two attached hydrogens (primary N) is 1. The van der Waals surface area contributed by atoms with Gasteiger partial charge in [0.25, 0.3) is 0 Å². The third kappa shape index (κ3) is 4.00. The predicted molar refractivity (Wildman–Crippen MR) is 64.5 cm³/mol. The van der Waals surface area contributed by atoms with Gasteiger partial charge in [-0.15, -0.1) is 0 Å². The number of hydrogen-bond donors (Lipinski definition) is 2. The third-order valence-electron chi connectivity index (χ3n) is 3.27. The number of amides is 1. The van der Waals surface area contributed by atoms with Crippen molar-refractivity contribution in [3.05, 3.63) is 0 Å². The number of carbonyl (C=O) groups excluding carboxylic acids is 1. The lowest BCUT2D eigenvalue weighted by Gasteiger charge is -2.29. The summed E-state index contributed by atoms with van der Waals surface area (Å²) in [5.74, 6) is -1.17. The van der Waals surface area contributed by atoms with E-state index in [-0.39, 0.29) is 18.5 Å². The lowest BCUT2D eigenvalue weighted by molar-refractivity contribution is -0.146. The second-order valence-corrected chi connectivity index (χ2v) is 4.69. The largest absolute Gasteiger partial charge is 0.480 e. The van der Waals surface area contributed by atoms with Crippen LogP contribution in [-0.4, -0.2) is 40.5 Å². The molecule has 0 bridgehead atoms. The highest BCUT2D eigenvalue weighted by Crippen LogP contribution is 2.24. The van der Waals surface area contributed by atoms with Crippen LogP contribution in [0.3, 0.4) is 0 Å². The van der Waals surface area contributed by atoms with E-state index in [9.17, 15) is 9.59 Å². The van der Waals surface area contributed by atoms with Crippen molar-refractivity contribution < 1.29 is 14.7 Å². The van der Waals surface area contributed by atoms with Crippen molar-refractivity contribution in [2.24, 2.45) is 5.73 Å². The van der Waals surface area contributed by atoms with Gasteiger partial charge in [-0.25, -0.2) is 0 Å². The Morgan fingerprint density at radius 2 is 2.00 bits per heavy atom. The van der Waals surface area contributed by atoms with Gasteiger partial charge >= 0.3 is 5.97 Å². The summed E-state index contributed by atoms with van der Waals surface area (Å²) in [6.07, 6.45) is 5.38. The third-order valence-corrected chi connectivity index (χ3v) is 3.27. The molecule has 0 saturated heterocycles. The molecule has 0 aliphatic heterocycles. The summed E-state index contributed by atoms with van der Waals surface area (Å²) in [4.78, 5) is 24.4. The molecule has 0 heterocycles. The van der Waals surface area contributed by atoms with Gasteiger partial charge in [0.1, 0.15) is 6.54 Å².